The molecule has 5 nitrogen and oxygen atoms in total. The highest BCUT2D eigenvalue weighted by Crippen LogP contribution is 2.44. The Morgan fingerprint density at radius 3 is 1.94 bits per heavy atom. The van der Waals surface area contributed by atoms with Crippen molar-refractivity contribution in [2.24, 2.45) is 5.73 Å². The van der Waals surface area contributed by atoms with Crippen LogP contribution < -0.4 is 20.5 Å². The first-order chi connectivity index (χ1) is 16.7. The lowest BCUT2D eigenvalue weighted by Crippen LogP contribution is -2.24. The number of halogens is 1. The fourth-order valence-corrected chi connectivity index (χ4v) is 6.39. The number of amides is 1. The van der Waals surface area contributed by atoms with Crippen molar-refractivity contribution in [3.05, 3.63) is 57.6 Å². The minimum Gasteiger partial charge on any atom is -0.493 e. The monoisotopic (exact) mass is 590 g/mol. The van der Waals surface area contributed by atoms with Gasteiger partial charge in [0.1, 0.15) is 11.5 Å². The van der Waals surface area contributed by atoms with Gasteiger partial charge in [0.25, 0.3) is 0 Å². The largest absolute Gasteiger partial charge is 0.493 e. The molecule has 0 fully saturated rings. The summed E-state index contributed by atoms with van der Waals surface area (Å²) in [4.78, 5) is 11.3. The van der Waals surface area contributed by atoms with E-state index in [9.17, 15) is 4.79 Å². The third-order valence-corrected chi connectivity index (χ3v) is 8.02. The summed E-state index contributed by atoms with van der Waals surface area (Å²) in [5, 5.41) is 2.99. The van der Waals surface area contributed by atoms with Crippen LogP contribution in [-0.2, 0) is 30.5 Å². The predicted octanol–water partition coefficient (Wildman–Crippen LogP) is 5.19. The lowest BCUT2D eigenvalue weighted by Gasteiger charge is -2.15. The van der Waals surface area contributed by atoms with Crippen LogP contribution in [-0.4, -0.2) is 32.2 Å². The first-order valence-electron chi connectivity index (χ1n) is 13.2. The van der Waals surface area contributed by atoms with E-state index in [0.717, 1.165) is 63.5 Å². The Labute approximate surface area is 226 Å². The number of carbonyl (C=O) groups is 1. The molecule has 0 radical (unpaired) electrons. The number of hydrogen-bond acceptors (Lipinski definition) is 4. The quantitative estimate of drug-likeness (QED) is 0.455. The molecule has 6 rings (SSSR count). The van der Waals surface area contributed by atoms with Gasteiger partial charge in [-0.3, -0.25) is 4.79 Å². The highest BCUT2D eigenvalue weighted by molar-refractivity contribution is 14.0. The molecule has 1 amide bonds. The highest BCUT2D eigenvalue weighted by Gasteiger charge is 2.30. The molecule has 2 atom stereocenters. The molecule has 2 aliphatic carbocycles. The van der Waals surface area contributed by atoms with Gasteiger partial charge < -0.3 is 20.5 Å². The summed E-state index contributed by atoms with van der Waals surface area (Å²) >= 11 is 0. The van der Waals surface area contributed by atoms with E-state index >= 15 is 0 Å². The van der Waals surface area contributed by atoms with Crippen molar-refractivity contribution in [2.75, 3.05) is 26.3 Å². The van der Waals surface area contributed by atoms with Crippen LogP contribution in [0.3, 0.4) is 0 Å². The minimum atomic E-state index is 0. The first-order valence-corrected chi connectivity index (χ1v) is 13.2. The molecular formula is C29H39IN2O3. The number of nitrogens with two attached hydrogens (primary N) is 1. The summed E-state index contributed by atoms with van der Waals surface area (Å²) in [6, 6.07) is 8.74. The molecule has 0 bridgehead atoms. The van der Waals surface area contributed by atoms with Crippen LogP contribution in [0.1, 0.15) is 84.2 Å². The van der Waals surface area contributed by atoms with E-state index in [-0.39, 0.29) is 29.9 Å². The maximum absolute atomic E-state index is 11.3. The summed E-state index contributed by atoms with van der Waals surface area (Å²) in [7, 11) is 0. The summed E-state index contributed by atoms with van der Waals surface area (Å²) < 4.78 is 11.3. The smallest absolute Gasteiger partial charge is 0.219 e. The van der Waals surface area contributed by atoms with E-state index < -0.39 is 0 Å². The zero-order valence-corrected chi connectivity index (χ0v) is 23.2. The van der Waals surface area contributed by atoms with Crippen molar-refractivity contribution in [3.63, 3.8) is 0 Å². The molecule has 35 heavy (non-hydrogen) atoms. The van der Waals surface area contributed by atoms with Gasteiger partial charge in [-0.25, -0.2) is 0 Å². The molecule has 2 heterocycles. The van der Waals surface area contributed by atoms with Gasteiger partial charge in [-0.15, -0.1) is 24.0 Å². The standard InChI is InChI=1S/C16H21NO2.C13H17NO.HI/c1-2-15(18)17-9-7-12-4-3-11-5-6-14-13(16(11)12)8-10-19-14;14-7-5-10-2-1-9-3-4-12-11(13(9)10)6-8-15-12;/h5-6,12H,2-4,7-10H2,1H3,(H,17,18);3-4,10H,1-2,5-8,14H2;1H. The molecule has 2 unspecified atom stereocenters. The molecule has 2 aromatic rings. The van der Waals surface area contributed by atoms with Crippen molar-refractivity contribution >= 4 is 29.9 Å². The zero-order chi connectivity index (χ0) is 23.5. The molecule has 0 aromatic heterocycles. The van der Waals surface area contributed by atoms with Crippen molar-refractivity contribution in [3.8, 4) is 11.5 Å². The predicted molar refractivity (Wildman–Crippen MR) is 150 cm³/mol. The van der Waals surface area contributed by atoms with Gasteiger partial charge >= 0.3 is 0 Å². The Morgan fingerprint density at radius 1 is 0.886 bits per heavy atom. The van der Waals surface area contributed by atoms with Gasteiger partial charge in [0.05, 0.1) is 13.2 Å². The van der Waals surface area contributed by atoms with Gasteiger partial charge in [-0.2, -0.15) is 0 Å². The molecule has 190 valence electrons. The normalized spacial score (nSPS) is 20.3. The van der Waals surface area contributed by atoms with E-state index in [1.54, 1.807) is 5.56 Å². The molecule has 6 heteroatoms. The van der Waals surface area contributed by atoms with Crippen molar-refractivity contribution in [1.29, 1.82) is 0 Å². The van der Waals surface area contributed by atoms with Gasteiger partial charge in [-0.1, -0.05) is 19.1 Å². The van der Waals surface area contributed by atoms with E-state index in [1.165, 1.54) is 53.5 Å². The van der Waals surface area contributed by atoms with Crippen molar-refractivity contribution in [2.45, 2.75) is 76.5 Å². The fraction of sp³-hybridized carbons (Fsp3) is 0.552. The Bertz CT molecular complexity index is 1050. The van der Waals surface area contributed by atoms with Crippen LogP contribution in [0.25, 0.3) is 0 Å². The molecular weight excluding hydrogens is 551 g/mol. The Morgan fingerprint density at radius 2 is 1.43 bits per heavy atom. The second kappa shape index (κ2) is 12.0. The molecule has 0 saturated heterocycles. The number of ether oxygens (including phenoxy) is 2. The zero-order valence-electron chi connectivity index (χ0n) is 20.9. The third kappa shape index (κ3) is 5.48. The van der Waals surface area contributed by atoms with Crippen LogP contribution in [0.5, 0.6) is 11.5 Å². The number of rotatable bonds is 6. The van der Waals surface area contributed by atoms with Crippen LogP contribution in [0, 0.1) is 0 Å². The summed E-state index contributed by atoms with van der Waals surface area (Å²) in [5.74, 6) is 3.66. The topological polar surface area (TPSA) is 73.6 Å². The SMILES string of the molecule is CCC(=O)NCCC1CCc2ccc3c(c21)CCO3.I.NCCC1CCc2ccc3c(c21)CCO3. The van der Waals surface area contributed by atoms with Gasteiger partial charge in [0.2, 0.25) is 5.91 Å². The number of fused-ring (bicyclic) bond motifs is 6. The van der Waals surface area contributed by atoms with Gasteiger partial charge in [0.15, 0.2) is 0 Å². The summed E-state index contributed by atoms with van der Waals surface area (Å²) in [6.07, 6.45) is 9.80. The Hall–Kier alpha value is -1.80. The van der Waals surface area contributed by atoms with E-state index in [4.69, 9.17) is 15.2 Å². The van der Waals surface area contributed by atoms with Crippen LogP contribution >= 0.6 is 24.0 Å². The number of nitrogens with one attached hydrogen (secondary N) is 1. The number of carbonyl (C=O) groups excluding carboxylic acids is 1. The second-order valence-corrected chi connectivity index (χ2v) is 9.97. The average molecular weight is 591 g/mol. The number of benzene rings is 2. The maximum Gasteiger partial charge on any atom is 0.219 e. The molecule has 0 spiro atoms. The average Bonchev–Trinajstić information content (AvgIpc) is 3.64. The van der Waals surface area contributed by atoms with Crippen LogP contribution in [0.2, 0.25) is 0 Å². The molecule has 3 N–H and O–H groups in total. The molecule has 0 saturated carbocycles. The van der Waals surface area contributed by atoms with Crippen LogP contribution in [0.15, 0.2) is 24.3 Å². The van der Waals surface area contributed by atoms with E-state index in [1.807, 2.05) is 6.92 Å². The van der Waals surface area contributed by atoms with Crippen LogP contribution in [0.4, 0.5) is 0 Å². The van der Waals surface area contributed by atoms with Gasteiger partial charge in [-0.05, 0) is 91.3 Å². The summed E-state index contributed by atoms with van der Waals surface area (Å²) in [6.45, 7) is 5.17. The van der Waals surface area contributed by atoms with Gasteiger partial charge in [0, 0.05) is 36.9 Å². The van der Waals surface area contributed by atoms with Crippen molar-refractivity contribution < 1.29 is 14.3 Å². The lowest BCUT2D eigenvalue weighted by atomic mass is 9.92. The minimum absolute atomic E-state index is 0. The second-order valence-electron chi connectivity index (χ2n) is 9.97. The number of aryl methyl sites for hydroxylation is 2. The van der Waals surface area contributed by atoms with Crippen molar-refractivity contribution in [1.82, 2.24) is 5.32 Å². The van der Waals surface area contributed by atoms with E-state index in [0.29, 0.717) is 18.3 Å². The lowest BCUT2D eigenvalue weighted by molar-refractivity contribution is -0.120. The third-order valence-electron chi connectivity index (χ3n) is 8.02. The molecule has 4 aliphatic rings. The Kier molecular flexibility index (Phi) is 8.97. The first kappa shape index (κ1) is 26.3. The fourth-order valence-electron chi connectivity index (χ4n) is 6.39. The molecule has 2 aromatic carbocycles. The summed E-state index contributed by atoms with van der Waals surface area (Å²) in [5.41, 5.74) is 14.7. The maximum atomic E-state index is 11.3. The number of hydrogen-bond donors (Lipinski definition) is 2. The highest BCUT2D eigenvalue weighted by atomic mass is 127. The Balaban J connectivity index is 0.000000164. The molecule has 2 aliphatic heterocycles. The van der Waals surface area contributed by atoms with E-state index in [2.05, 4.69) is 29.6 Å².